The molecule has 0 radical (unpaired) electrons. The van der Waals surface area contributed by atoms with Crippen molar-refractivity contribution < 1.29 is 0 Å². The van der Waals surface area contributed by atoms with Crippen molar-refractivity contribution in [2.45, 2.75) is 33.2 Å². The van der Waals surface area contributed by atoms with Crippen molar-refractivity contribution in [1.29, 1.82) is 0 Å². The minimum Gasteiger partial charge on any atom is -0.378 e. The number of nitrogens with zero attached hydrogens (tertiary/aromatic N) is 1. The molecule has 0 aromatic heterocycles. The number of rotatable bonds is 1. The van der Waals surface area contributed by atoms with Crippen LogP contribution in [0.1, 0.15) is 27.7 Å². The minimum absolute atomic E-state index is 0. The number of hydrogen-bond donors (Lipinski definition) is 1. The summed E-state index contributed by atoms with van der Waals surface area (Å²) in [5, 5.41) is 0.616. The van der Waals surface area contributed by atoms with Gasteiger partial charge in [0, 0.05) is 0 Å². The van der Waals surface area contributed by atoms with E-state index in [0.29, 0.717) is 5.17 Å². The molecule has 0 aliphatic carbocycles. The Kier molecular flexibility index (Phi) is 8.29. The van der Waals surface area contributed by atoms with Crippen molar-refractivity contribution in [3.63, 3.8) is 0 Å². The van der Waals surface area contributed by atoms with E-state index in [1.165, 1.54) is 11.8 Å². The van der Waals surface area contributed by atoms with Crippen LogP contribution in [-0.2, 0) is 0 Å². The first-order valence-electron chi connectivity index (χ1n) is 3.83. The van der Waals surface area contributed by atoms with Gasteiger partial charge in [0.1, 0.15) is 0 Å². The van der Waals surface area contributed by atoms with Crippen molar-refractivity contribution in [1.82, 2.24) is 0 Å². The summed E-state index contributed by atoms with van der Waals surface area (Å²) in [7, 11) is 0. The fraction of sp³-hybridized carbons (Fsp3) is 0.667. The molecule has 0 spiro atoms. The van der Waals surface area contributed by atoms with Crippen molar-refractivity contribution in [2.24, 2.45) is 10.7 Å². The third kappa shape index (κ3) is 11.7. The SMILES string of the molecule is CC#CCSC(N)=NC(C)(C)C.Cl. The Morgan fingerprint density at radius 1 is 1.46 bits per heavy atom. The molecule has 0 bridgehead atoms. The van der Waals surface area contributed by atoms with E-state index in [0.717, 1.165) is 5.75 Å². The normalized spacial score (nSPS) is 11.2. The number of amidine groups is 1. The van der Waals surface area contributed by atoms with Gasteiger partial charge in [-0.25, -0.2) is 0 Å². The molecule has 0 saturated carbocycles. The predicted molar refractivity (Wildman–Crippen MR) is 64.5 cm³/mol. The molecule has 0 heterocycles. The first-order chi connectivity index (χ1) is 5.45. The Morgan fingerprint density at radius 2 is 2.00 bits per heavy atom. The molecule has 0 aliphatic heterocycles. The molecule has 0 aliphatic rings. The lowest BCUT2D eigenvalue weighted by atomic mass is 10.1. The summed E-state index contributed by atoms with van der Waals surface area (Å²) in [4.78, 5) is 4.27. The molecule has 2 N–H and O–H groups in total. The average molecular weight is 221 g/mol. The van der Waals surface area contributed by atoms with Crippen LogP contribution in [0, 0.1) is 11.8 Å². The van der Waals surface area contributed by atoms with Gasteiger partial charge in [0.15, 0.2) is 5.17 Å². The zero-order valence-electron chi connectivity index (χ0n) is 8.55. The predicted octanol–water partition coefficient (Wildman–Crippen LogP) is 2.28. The van der Waals surface area contributed by atoms with Gasteiger partial charge in [-0.05, 0) is 27.7 Å². The number of halogens is 1. The van der Waals surface area contributed by atoms with Gasteiger partial charge in [0.05, 0.1) is 11.3 Å². The topological polar surface area (TPSA) is 38.4 Å². The summed E-state index contributed by atoms with van der Waals surface area (Å²) in [5.41, 5.74) is 5.56. The van der Waals surface area contributed by atoms with Crippen LogP contribution in [0.25, 0.3) is 0 Å². The molecule has 0 amide bonds. The van der Waals surface area contributed by atoms with Gasteiger partial charge >= 0.3 is 0 Å². The first kappa shape index (κ1) is 15.2. The van der Waals surface area contributed by atoms with Crippen molar-refractivity contribution in [3.05, 3.63) is 0 Å². The van der Waals surface area contributed by atoms with Gasteiger partial charge in [0.25, 0.3) is 0 Å². The second-order valence-electron chi connectivity index (χ2n) is 3.34. The van der Waals surface area contributed by atoms with Crippen LogP contribution in [0.4, 0.5) is 0 Å². The number of aliphatic imine (C=N–C) groups is 1. The summed E-state index contributed by atoms with van der Waals surface area (Å²) in [5.74, 6) is 6.45. The molecule has 13 heavy (non-hydrogen) atoms. The molecule has 4 heteroatoms. The first-order valence-corrected chi connectivity index (χ1v) is 4.82. The highest BCUT2D eigenvalue weighted by atomic mass is 35.5. The van der Waals surface area contributed by atoms with Crippen molar-refractivity contribution in [3.8, 4) is 11.8 Å². The molecule has 0 saturated heterocycles. The standard InChI is InChI=1S/C9H16N2S.ClH/c1-5-6-7-12-8(10)11-9(2,3)4;/h7H2,1-4H3,(H2,10,11);1H. The quantitative estimate of drug-likeness (QED) is 0.418. The lowest BCUT2D eigenvalue weighted by Gasteiger charge is -2.12. The minimum atomic E-state index is -0.0866. The monoisotopic (exact) mass is 220 g/mol. The van der Waals surface area contributed by atoms with E-state index in [2.05, 4.69) is 16.8 Å². The van der Waals surface area contributed by atoms with E-state index >= 15 is 0 Å². The van der Waals surface area contributed by atoms with Crippen LogP contribution in [0.15, 0.2) is 4.99 Å². The van der Waals surface area contributed by atoms with Crippen LogP contribution in [-0.4, -0.2) is 16.5 Å². The van der Waals surface area contributed by atoms with E-state index in [9.17, 15) is 0 Å². The Hall–Kier alpha value is -0.330. The molecule has 0 aromatic rings. The number of hydrogen-bond acceptors (Lipinski definition) is 2. The van der Waals surface area contributed by atoms with Crippen LogP contribution >= 0.6 is 24.2 Å². The fourth-order valence-electron chi connectivity index (χ4n) is 0.545. The van der Waals surface area contributed by atoms with E-state index in [-0.39, 0.29) is 17.9 Å². The lowest BCUT2D eigenvalue weighted by Crippen LogP contribution is -2.17. The van der Waals surface area contributed by atoms with Crippen molar-refractivity contribution >= 4 is 29.3 Å². The van der Waals surface area contributed by atoms with Gasteiger partial charge in [-0.1, -0.05) is 17.7 Å². The van der Waals surface area contributed by atoms with Crippen molar-refractivity contribution in [2.75, 3.05) is 5.75 Å². The summed E-state index contributed by atoms with van der Waals surface area (Å²) in [6.07, 6.45) is 0. The molecular weight excluding hydrogens is 204 g/mol. The molecule has 2 nitrogen and oxygen atoms in total. The van der Waals surface area contributed by atoms with Gasteiger partial charge in [0.2, 0.25) is 0 Å². The van der Waals surface area contributed by atoms with Crippen LogP contribution in [0.3, 0.4) is 0 Å². The highest BCUT2D eigenvalue weighted by molar-refractivity contribution is 8.13. The van der Waals surface area contributed by atoms with Gasteiger partial charge in [-0.2, -0.15) is 0 Å². The maximum atomic E-state index is 5.65. The van der Waals surface area contributed by atoms with E-state index in [4.69, 9.17) is 5.73 Å². The number of thioether (sulfide) groups is 1. The smallest absolute Gasteiger partial charge is 0.155 e. The Morgan fingerprint density at radius 3 is 2.38 bits per heavy atom. The molecule has 0 aromatic carbocycles. The Labute approximate surface area is 91.2 Å². The molecule has 76 valence electrons. The third-order valence-corrected chi connectivity index (χ3v) is 1.59. The van der Waals surface area contributed by atoms with E-state index in [1.54, 1.807) is 0 Å². The molecule has 0 atom stereocenters. The van der Waals surface area contributed by atoms with Gasteiger partial charge in [-0.15, -0.1) is 18.3 Å². The largest absolute Gasteiger partial charge is 0.378 e. The summed E-state index contributed by atoms with van der Waals surface area (Å²) in [6, 6.07) is 0. The summed E-state index contributed by atoms with van der Waals surface area (Å²) < 4.78 is 0. The molecule has 0 unspecified atom stereocenters. The zero-order valence-corrected chi connectivity index (χ0v) is 10.2. The maximum absolute atomic E-state index is 5.65. The zero-order chi connectivity index (χ0) is 9.61. The maximum Gasteiger partial charge on any atom is 0.155 e. The Balaban J connectivity index is 0. The van der Waals surface area contributed by atoms with Crippen LogP contribution in [0.5, 0.6) is 0 Å². The molecular formula is C9H17ClN2S. The lowest BCUT2D eigenvalue weighted by molar-refractivity contribution is 0.585. The summed E-state index contributed by atoms with van der Waals surface area (Å²) in [6.45, 7) is 7.88. The fourth-order valence-corrected chi connectivity index (χ4v) is 1.25. The van der Waals surface area contributed by atoms with E-state index in [1.807, 2.05) is 27.7 Å². The summed E-state index contributed by atoms with van der Waals surface area (Å²) >= 11 is 1.48. The van der Waals surface area contributed by atoms with Gasteiger partial charge < -0.3 is 5.73 Å². The van der Waals surface area contributed by atoms with Gasteiger partial charge in [-0.3, -0.25) is 4.99 Å². The molecule has 0 rings (SSSR count). The molecule has 0 fully saturated rings. The highest BCUT2D eigenvalue weighted by Crippen LogP contribution is 2.09. The Bertz CT molecular complexity index is 220. The second-order valence-corrected chi connectivity index (χ2v) is 4.33. The average Bonchev–Trinajstić information content (AvgIpc) is 1.84. The second kappa shape index (κ2) is 7.11. The third-order valence-electron chi connectivity index (χ3n) is 0.915. The van der Waals surface area contributed by atoms with E-state index < -0.39 is 0 Å². The van der Waals surface area contributed by atoms with Crippen LogP contribution in [0.2, 0.25) is 0 Å². The number of nitrogens with two attached hydrogens (primary N) is 1. The van der Waals surface area contributed by atoms with Crippen LogP contribution < -0.4 is 5.73 Å². The highest BCUT2D eigenvalue weighted by Gasteiger charge is 2.07.